The molecule has 4 atom stereocenters. The van der Waals surface area contributed by atoms with Gasteiger partial charge in [-0.05, 0) is 12.8 Å². The number of fused-ring (bicyclic) bond motifs is 2. The first-order valence-corrected chi connectivity index (χ1v) is 8.52. The Morgan fingerprint density at radius 1 is 1.52 bits per heavy atom. The zero-order valence-electron chi connectivity index (χ0n) is 13.6. The average molecular weight is 384 g/mol. The number of carbonyl (C=O) groups is 2. The van der Waals surface area contributed by atoms with Gasteiger partial charge in [-0.2, -0.15) is 5.06 Å². The van der Waals surface area contributed by atoms with Crippen LogP contribution in [0.3, 0.4) is 0 Å². The molecule has 0 N–H and O–H groups in total. The van der Waals surface area contributed by atoms with Crippen molar-refractivity contribution in [3.05, 3.63) is 11.8 Å². The van der Waals surface area contributed by atoms with Gasteiger partial charge in [0.25, 0.3) is 6.36 Å². The summed E-state index contributed by atoms with van der Waals surface area (Å²) in [6.07, 6.45) is -1.93. The summed E-state index contributed by atoms with van der Waals surface area (Å²) in [5, 5.41) is 17.9. The number of alkyl halides is 1. The molecule has 1 aromatic rings. The second-order valence-corrected chi connectivity index (χ2v) is 7.02. The number of urea groups is 1. The summed E-state index contributed by atoms with van der Waals surface area (Å²) < 4.78 is 30.8. The van der Waals surface area contributed by atoms with E-state index in [0.29, 0.717) is 23.8 Å². The van der Waals surface area contributed by atoms with Crippen LogP contribution in [0, 0.1) is 6.92 Å². The molecular weight excluding hydrogens is 370 g/mol. The van der Waals surface area contributed by atoms with Crippen molar-refractivity contribution in [2.45, 2.75) is 43.3 Å². The molecule has 0 unspecified atom stereocenters. The van der Waals surface area contributed by atoms with E-state index in [2.05, 4.69) is 15.0 Å². The summed E-state index contributed by atoms with van der Waals surface area (Å²) in [7, 11) is -1.50. The zero-order valence-corrected chi connectivity index (χ0v) is 16.4. The SMILES string of the molecule is Cc1nnc(C[S@@](=O)[C@@H]2CC[C@@H]3CN2C(=O)N3O[C@H](F)C(=O)[O-])o1.[Na+]. The van der Waals surface area contributed by atoms with Crippen molar-refractivity contribution >= 4 is 22.8 Å². The molecule has 132 valence electrons. The molecule has 0 radical (unpaired) electrons. The zero-order chi connectivity index (χ0) is 17.4. The Labute approximate surface area is 166 Å². The summed E-state index contributed by atoms with van der Waals surface area (Å²) >= 11 is 0. The minimum absolute atomic E-state index is 0. The smallest absolute Gasteiger partial charge is 0.544 e. The molecule has 10 nitrogen and oxygen atoms in total. The van der Waals surface area contributed by atoms with E-state index in [4.69, 9.17) is 4.42 Å². The van der Waals surface area contributed by atoms with Crippen LogP contribution in [0.1, 0.15) is 24.6 Å². The Bertz CT molecular complexity index is 690. The molecule has 2 bridgehead atoms. The van der Waals surface area contributed by atoms with Crippen LogP contribution in [-0.4, -0.2) is 60.7 Å². The number of halogens is 1. The summed E-state index contributed by atoms with van der Waals surface area (Å²) in [6.45, 7) is 1.78. The van der Waals surface area contributed by atoms with Crippen LogP contribution in [0.2, 0.25) is 0 Å². The number of aryl methyl sites for hydroxylation is 1. The number of amides is 2. The van der Waals surface area contributed by atoms with E-state index < -0.39 is 40.6 Å². The Hall–Kier alpha value is -1.08. The molecule has 3 rings (SSSR count). The van der Waals surface area contributed by atoms with E-state index in [1.807, 2.05) is 0 Å². The van der Waals surface area contributed by atoms with Gasteiger partial charge in [0, 0.05) is 13.5 Å². The number of aliphatic carboxylic acids is 1. The molecule has 2 saturated heterocycles. The number of rotatable bonds is 6. The van der Waals surface area contributed by atoms with E-state index in [-0.39, 0.29) is 47.7 Å². The summed E-state index contributed by atoms with van der Waals surface area (Å²) in [4.78, 5) is 28.5. The van der Waals surface area contributed by atoms with E-state index in [9.17, 15) is 23.3 Å². The molecule has 2 amide bonds. The summed E-state index contributed by atoms with van der Waals surface area (Å²) in [5.41, 5.74) is 0. The molecule has 2 aliphatic rings. The Balaban J connectivity index is 0.00000225. The maximum absolute atomic E-state index is 13.2. The van der Waals surface area contributed by atoms with Gasteiger partial charge in [0.05, 0.1) is 16.8 Å². The predicted molar refractivity (Wildman–Crippen MR) is 72.6 cm³/mol. The fraction of sp³-hybridized carbons (Fsp3) is 0.667. The molecule has 0 spiro atoms. The number of carbonyl (C=O) groups excluding carboxylic acids is 2. The molecule has 2 aliphatic heterocycles. The molecule has 25 heavy (non-hydrogen) atoms. The normalized spacial score (nSPS) is 24.8. The molecule has 0 saturated carbocycles. The van der Waals surface area contributed by atoms with Gasteiger partial charge in [-0.1, -0.05) is 0 Å². The Kier molecular flexibility index (Phi) is 6.54. The third-order valence-electron chi connectivity index (χ3n) is 3.80. The molecule has 0 aromatic carbocycles. The maximum atomic E-state index is 13.2. The second kappa shape index (κ2) is 8.08. The van der Waals surface area contributed by atoms with Crippen molar-refractivity contribution in [2.75, 3.05) is 6.54 Å². The number of hydrogen-bond acceptors (Lipinski definition) is 8. The molecule has 0 aliphatic carbocycles. The molecule has 1 aromatic heterocycles. The van der Waals surface area contributed by atoms with E-state index in [0.717, 1.165) is 0 Å². The fourth-order valence-corrected chi connectivity index (χ4v) is 4.17. The van der Waals surface area contributed by atoms with Gasteiger partial charge in [-0.25, -0.2) is 14.0 Å². The third-order valence-corrected chi connectivity index (χ3v) is 5.42. The van der Waals surface area contributed by atoms with Crippen molar-refractivity contribution in [2.24, 2.45) is 0 Å². The molecule has 2 fully saturated rings. The number of carboxylic acid groups (broad SMARTS) is 1. The molecule has 3 heterocycles. The standard InChI is InChI=1S/C12H15FN4O6S.Na/c1-6-14-15-8(22-6)5-24(21)9-3-2-7-4-16(9)12(20)17(7)23-10(13)11(18)19;/h7,9-10H,2-5H2,1H3,(H,18,19);/q;+1/p-1/t7-,9-,10+,24-;/m1./s1. The van der Waals surface area contributed by atoms with Crippen LogP contribution in [0.5, 0.6) is 0 Å². The summed E-state index contributed by atoms with van der Waals surface area (Å²) in [5.74, 6) is -1.52. The van der Waals surface area contributed by atoms with Gasteiger partial charge in [-0.15, -0.1) is 10.2 Å². The molecular formula is C12H14FN4NaO6S. The van der Waals surface area contributed by atoms with Crippen LogP contribution in [0.25, 0.3) is 0 Å². The van der Waals surface area contributed by atoms with E-state index >= 15 is 0 Å². The van der Waals surface area contributed by atoms with Gasteiger partial charge in [0.15, 0.2) is 0 Å². The van der Waals surface area contributed by atoms with E-state index in [1.165, 1.54) is 4.90 Å². The van der Waals surface area contributed by atoms with Crippen molar-refractivity contribution in [3.63, 3.8) is 0 Å². The van der Waals surface area contributed by atoms with Crippen molar-refractivity contribution in [1.29, 1.82) is 0 Å². The minimum Gasteiger partial charge on any atom is -0.544 e. The number of hydrogen-bond donors (Lipinski definition) is 0. The van der Waals surface area contributed by atoms with Crippen LogP contribution in [-0.2, 0) is 26.2 Å². The first kappa shape index (κ1) is 20.2. The molecule has 13 heteroatoms. The van der Waals surface area contributed by atoms with Gasteiger partial charge in [0.1, 0.15) is 17.1 Å². The minimum atomic E-state index is -2.74. The number of piperidine rings is 1. The van der Waals surface area contributed by atoms with Gasteiger partial charge in [-0.3, -0.25) is 4.21 Å². The fourth-order valence-electron chi connectivity index (χ4n) is 2.76. The van der Waals surface area contributed by atoms with E-state index in [1.54, 1.807) is 6.92 Å². The number of aromatic nitrogens is 2. The Morgan fingerprint density at radius 2 is 2.24 bits per heavy atom. The number of carboxylic acids is 1. The van der Waals surface area contributed by atoms with Crippen LogP contribution in [0.15, 0.2) is 4.42 Å². The van der Waals surface area contributed by atoms with Crippen LogP contribution < -0.4 is 34.7 Å². The van der Waals surface area contributed by atoms with Crippen LogP contribution >= 0.6 is 0 Å². The van der Waals surface area contributed by atoms with Gasteiger partial charge >= 0.3 is 35.6 Å². The largest absolute Gasteiger partial charge is 1.00 e. The average Bonchev–Trinajstić information content (AvgIpc) is 3.04. The van der Waals surface area contributed by atoms with Crippen molar-refractivity contribution in [1.82, 2.24) is 20.2 Å². The second-order valence-electron chi connectivity index (χ2n) is 5.43. The van der Waals surface area contributed by atoms with Gasteiger partial charge < -0.3 is 19.2 Å². The predicted octanol–water partition coefficient (Wildman–Crippen LogP) is -4.17. The number of nitrogens with zero attached hydrogens (tertiary/aromatic N) is 4. The van der Waals surface area contributed by atoms with Gasteiger partial charge in [0.2, 0.25) is 11.8 Å². The Morgan fingerprint density at radius 3 is 2.84 bits per heavy atom. The van der Waals surface area contributed by atoms with Crippen LogP contribution in [0.4, 0.5) is 9.18 Å². The first-order chi connectivity index (χ1) is 11.4. The van der Waals surface area contributed by atoms with Crippen molar-refractivity contribution < 1.29 is 62.1 Å². The quantitative estimate of drug-likeness (QED) is 0.452. The number of hydroxylamine groups is 2. The topological polar surface area (TPSA) is 129 Å². The first-order valence-electron chi connectivity index (χ1n) is 7.14. The monoisotopic (exact) mass is 384 g/mol. The third kappa shape index (κ3) is 4.19. The van der Waals surface area contributed by atoms with Crippen molar-refractivity contribution in [3.8, 4) is 0 Å². The maximum Gasteiger partial charge on any atom is 1.00 e. The summed E-state index contributed by atoms with van der Waals surface area (Å²) in [6, 6.07) is -1.21.